The second kappa shape index (κ2) is 4.24. The summed E-state index contributed by atoms with van der Waals surface area (Å²) in [7, 11) is 0. The molecule has 0 unspecified atom stereocenters. The van der Waals surface area contributed by atoms with Crippen molar-refractivity contribution in [2.75, 3.05) is 0 Å². The molecule has 0 radical (unpaired) electrons. The van der Waals surface area contributed by atoms with Crippen LogP contribution >= 0.6 is 0 Å². The Labute approximate surface area is 114 Å². The van der Waals surface area contributed by atoms with Crippen LogP contribution in [0.25, 0.3) is 11.1 Å². The number of allylic oxidation sites excluding steroid dienone is 4. The molecular formula is C19H16. The summed E-state index contributed by atoms with van der Waals surface area (Å²) >= 11 is 0. The third kappa shape index (κ3) is 1.67. The minimum Gasteiger partial charge on any atom is -0.0622 e. The van der Waals surface area contributed by atoms with Gasteiger partial charge in [0.05, 0.1) is 0 Å². The number of hydrogen-bond donors (Lipinski definition) is 0. The summed E-state index contributed by atoms with van der Waals surface area (Å²) in [6.07, 6.45) is 3.72. The average Bonchev–Trinajstić information content (AvgIpc) is 3.10. The van der Waals surface area contributed by atoms with Gasteiger partial charge in [-0.3, -0.25) is 0 Å². The van der Waals surface area contributed by atoms with Crippen LogP contribution in [0.1, 0.15) is 30.4 Å². The van der Waals surface area contributed by atoms with Crippen molar-refractivity contribution < 1.29 is 0 Å². The van der Waals surface area contributed by atoms with Crippen LogP contribution in [0.2, 0.25) is 0 Å². The first kappa shape index (κ1) is 10.8. The Hall–Kier alpha value is -2.08. The first-order valence-electron chi connectivity index (χ1n) is 6.99. The van der Waals surface area contributed by atoms with Crippen LogP contribution in [0.5, 0.6) is 0 Å². The standard InChI is InChI=1S/C19H16/c1-3-7-14(8-4-1)18-16-11-12-17(13-16)19(18)15-9-5-2-6-10-15/h1-10H,11-13H2. The maximum absolute atomic E-state index is 2.24. The molecule has 2 aromatic rings. The van der Waals surface area contributed by atoms with Gasteiger partial charge in [0.25, 0.3) is 0 Å². The van der Waals surface area contributed by atoms with Crippen molar-refractivity contribution in [1.82, 2.24) is 0 Å². The normalized spacial score (nSPS) is 17.5. The topological polar surface area (TPSA) is 0 Å². The average molecular weight is 244 g/mol. The molecule has 1 fully saturated rings. The predicted molar refractivity (Wildman–Crippen MR) is 80.6 cm³/mol. The lowest BCUT2D eigenvalue weighted by molar-refractivity contribution is 1.04. The third-order valence-corrected chi connectivity index (χ3v) is 4.24. The summed E-state index contributed by atoms with van der Waals surface area (Å²) in [5.74, 6) is 0. The van der Waals surface area contributed by atoms with E-state index >= 15 is 0 Å². The van der Waals surface area contributed by atoms with Crippen LogP contribution in [-0.4, -0.2) is 0 Å². The molecule has 92 valence electrons. The quantitative estimate of drug-likeness (QED) is 0.690. The fraction of sp³-hybridized carbons (Fsp3) is 0.158. The van der Waals surface area contributed by atoms with Crippen molar-refractivity contribution in [2.24, 2.45) is 0 Å². The van der Waals surface area contributed by atoms with E-state index < -0.39 is 0 Å². The van der Waals surface area contributed by atoms with E-state index in [2.05, 4.69) is 60.7 Å². The van der Waals surface area contributed by atoms with Gasteiger partial charge in [-0.2, -0.15) is 0 Å². The second-order valence-electron chi connectivity index (χ2n) is 5.37. The molecule has 0 atom stereocenters. The Bertz CT molecular complexity index is 611. The van der Waals surface area contributed by atoms with Crippen LogP contribution in [0.3, 0.4) is 0 Å². The van der Waals surface area contributed by atoms with E-state index in [0.717, 1.165) is 0 Å². The molecule has 0 heterocycles. The fourth-order valence-corrected chi connectivity index (χ4v) is 3.42. The lowest BCUT2D eigenvalue weighted by Crippen LogP contribution is -1.94. The molecular weight excluding hydrogens is 228 g/mol. The summed E-state index contributed by atoms with van der Waals surface area (Å²) in [6.45, 7) is 0. The van der Waals surface area contributed by atoms with Crippen LogP contribution < -0.4 is 0 Å². The monoisotopic (exact) mass is 244 g/mol. The zero-order valence-corrected chi connectivity index (χ0v) is 10.9. The van der Waals surface area contributed by atoms with Crippen molar-refractivity contribution in [2.45, 2.75) is 19.3 Å². The summed E-state index contributed by atoms with van der Waals surface area (Å²) in [5, 5.41) is 0. The molecule has 2 bridgehead atoms. The molecule has 0 aliphatic heterocycles. The molecule has 4 rings (SSSR count). The Morgan fingerprint density at radius 1 is 0.526 bits per heavy atom. The molecule has 0 spiro atoms. The Morgan fingerprint density at radius 3 is 1.37 bits per heavy atom. The smallest absolute Gasteiger partial charge is 0.00893 e. The second-order valence-corrected chi connectivity index (χ2v) is 5.37. The molecule has 0 saturated heterocycles. The molecule has 0 nitrogen and oxygen atoms in total. The highest BCUT2D eigenvalue weighted by atomic mass is 14.3. The highest BCUT2D eigenvalue weighted by Gasteiger charge is 2.30. The molecule has 0 amide bonds. The molecule has 0 aromatic heterocycles. The predicted octanol–water partition coefficient (Wildman–Crippen LogP) is 5.09. The number of benzene rings is 2. The van der Waals surface area contributed by atoms with Crippen LogP contribution in [0.4, 0.5) is 0 Å². The summed E-state index contributed by atoms with van der Waals surface area (Å²) < 4.78 is 0. The van der Waals surface area contributed by atoms with Gasteiger partial charge in [-0.05, 0) is 41.5 Å². The van der Waals surface area contributed by atoms with Gasteiger partial charge >= 0.3 is 0 Å². The van der Waals surface area contributed by atoms with Gasteiger partial charge in [0.2, 0.25) is 0 Å². The number of rotatable bonds is 2. The SMILES string of the molecule is c1ccc(C2=C3CCC(=C2c2ccccc2)C3)cc1. The van der Waals surface area contributed by atoms with Gasteiger partial charge in [-0.1, -0.05) is 71.8 Å². The zero-order valence-electron chi connectivity index (χ0n) is 10.9. The van der Waals surface area contributed by atoms with Crippen LogP contribution in [-0.2, 0) is 0 Å². The Kier molecular flexibility index (Phi) is 2.41. The van der Waals surface area contributed by atoms with Crippen molar-refractivity contribution >= 4 is 11.1 Å². The van der Waals surface area contributed by atoms with E-state index in [-0.39, 0.29) is 0 Å². The van der Waals surface area contributed by atoms with E-state index in [9.17, 15) is 0 Å². The van der Waals surface area contributed by atoms with Crippen molar-refractivity contribution in [3.8, 4) is 0 Å². The fourth-order valence-electron chi connectivity index (χ4n) is 3.42. The number of hydrogen-bond acceptors (Lipinski definition) is 0. The van der Waals surface area contributed by atoms with Crippen molar-refractivity contribution in [3.05, 3.63) is 82.9 Å². The maximum atomic E-state index is 2.24. The summed E-state index contributed by atoms with van der Waals surface area (Å²) in [5.41, 5.74) is 9.05. The third-order valence-electron chi connectivity index (χ3n) is 4.24. The van der Waals surface area contributed by atoms with Gasteiger partial charge < -0.3 is 0 Å². The number of fused-ring (bicyclic) bond motifs is 2. The summed E-state index contributed by atoms with van der Waals surface area (Å²) in [4.78, 5) is 0. The van der Waals surface area contributed by atoms with E-state index in [1.54, 1.807) is 11.1 Å². The molecule has 0 heteroatoms. The van der Waals surface area contributed by atoms with E-state index in [4.69, 9.17) is 0 Å². The maximum Gasteiger partial charge on any atom is -0.00893 e. The van der Waals surface area contributed by atoms with Crippen LogP contribution in [0, 0.1) is 0 Å². The van der Waals surface area contributed by atoms with Gasteiger partial charge in [0, 0.05) is 0 Å². The zero-order chi connectivity index (χ0) is 12.7. The van der Waals surface area contributed by atoms with Gasteiger partial charge in [-0.15, -0.1) is 0 Å². The first-order chi connectivity index (χ1) is 9.43. The van der Waals surface area contributed by atoms with Crippen LogP contribution in [0.15, 0.2) is 71.8 Å². The lowest BCUT2D eigenvalue weighted by Gasteiger charge is -2.16. The Balaban J connectivity index is 1.89. The van der Waals surface area contributed by atoms with E-state index in [1.165, 1.54) is 41.5 Å². The minimum absolute atomic E-state index is 1.20. The molecule has 2 aliphatic carbocycles. The largest absolute Gasteiger partial charge is 0.0622 e. The van der Waals surface area contributed by atoms with Gasteiger partial charge in [0.1, 0.15) is 0 Å². The molecule has 2 aliphatic rings. The molecule has 19 heavy (non-hydrogen) atoms. The summed E-state index contributed by atoms with van der Waals surface area (Å²) in [6, 6.07) is 21.7. The minimum atomic E-state index is 1.20. The molecule has 0 N–H and O–H groups in total. The Morgan fingerprint density at radius 2 is 0.947 bits per heavy atom. The van der Waals surface area contributed by atoms with E-state index in [0.29, 0.717) is 0 Å². The first-order valence-corrected chi connectivity index (χ1v) is 6.99. The van der Waals surface area contributed by atoms with Gasteiger partial charge in [-0.25, -0.2) is 0 Å². The van der Waals surface area contributed by atoms with E-state index in [1.807, 2.05) is 0 Å². The highest BCUT2D eigenvalue weighted by molar-refractivity contribution is 6.10. The molecule has 2 aromatic carbocycles. The molecule has 1 saturated carbocycles. The van der Waals surface area contributed by atoms with Crippen molar-refractivity contribution in [3.63, 3.8) is 0 Å². The lowest BCUT2D eigenvalue weighted by atomic mass is 9.88. The van der Waals surface area contributed by atoms with Crippen molar-refractivity contribution in [1.29, 1.82) is 0 Å². The van der Waals surface area contributed by atoms with Gasteiger partial charge in [0.15, 0.2) is 0 Å². The highest BCUT2D eigenvalue weighted by Crippen LogP contribution is 2.51.